The van der Waals surface area contributed by atoms with Gasteiger partial charge in [-0.15, -0.1) is 6.58 Å². The number of allylic oxidation sites excluding steroid dienone is 2. The van der Waals surface area contributed by atoms with Crippen LogP contribution in [-0.2, 0) is 4.43 Å². The van der Waals surface area contributed by atoms with Gasteiger partial charge in [0.15, 0.2) is 5.76 Å². The number of rotatable bonds is 4. The Bertz CT molecular complexity index is 767. The van der Waals surface area contributed by atoms with E-state index in [2.05, 4.69) is 19.7 Å². The average Bonchev–Trinajstić information content (AvgIpc) is 2.44. The SMILES string of the molecule is C=CC[Si](C)(C)OC1=Cc2cccc3cccc(c23)C1=O. The number of ketones is 1. The highest BCUT2D eigenvalue weighted by molar-refractivity contribution is 6.72. The number of Topliss-reactive ketones (excluding diaryl/α,β-unsaturated/α-hetero) is 1. The van der Waals surface area contributed by atoms with Gasteiger partial charge in [-0.2, -0.15) is 0 Å². The molecule has 0 atom stereocenters. The highest BCUT2D eigenvalue weighted by Crippen LogP contribution is 2.33. The van der Waals surface area contributed by atoms with Crippen molar-refractivity contribution in [2.24, 2.45) is 0 Å². The summed E-state index contributed by atoms with van der Waals surface area (Å²) in [7, 11) is -1.94. The van der Waals surface area contributed by atoms with E-state index < -0.39 is 8.32 Å². The lowest BCUT2D eigenvalue weighted by atomic mass is 9.91. The topological polar surface area (TPSA) is 26.3 Å². The van der Waals surface area contributed by atoms with Gasteiger partial charge in [-0.25, -0.2) is 0 Å². The summed E-state index contributed by atoms with van der Waals surface area (Å²) in [5.74, 6) is 0.462. The minimum Gasteiger partial charge on any atom is -0.541 e. The zero-order valence-corrected chi connectivity index (χ0v) is 13.3. The molecule has 0 saturated carbocycles. The Morgan fingerprint density at radius 3 is 2.62 bits per heavy atom. The summed E-state index contributed by atoms with van der Waals surface area (Å²) in [4.78, 5) is 12.7. The van der Waals surface area contributed by atoms with Crippen molar-refractivity contribution in [2.75, 3.05) is 0 Å². The van der Waals surface area contributed by atoms with Crippen LogP contribution in [0, 0.1) is 0 Å². The third-order valence-corrected chi connectivity index (χ3v) is 5.76. The average molecular weight is 294 g/mol. The van der Waals surface area contributed by atoms with Gasteiger partial charge in [0.2, 0.25) is 14.1 Å². The van der Waals surface area contributed by atoms with Crippen molar-refractivity contribution < 1.29 is 9.22 Å². The van der Waals surface area contributed by atoms with E-state index in [1.165, 1.54) is 0 Å². The lowest BCUT2D eigenvalue weighted by Crippen LogP contribution is -2.31. The molecular formula is C18H18O2Si. The molecule has 0 unspecified atom stereocenters. The molecule has 0 saturated heterocycles. The molecule has 0 radical (unpaired) electrons. The fraction of sp³-hybridized carbons (Fsp3) is 0.167. The Morgan fingerprint density at radius 1 is 1.19 bits per heavy atom. The molecule has 21 heavy (non-hydrogen) atoms. The lowest BCUT2D eigenvalue weighted by molar-refractivity contribution is 0.0986. The fourth-order valence-electron chi connectivity index (χ4n) is 2.78. The Balaban J connectivity index is 2.10. The summed E-state index contributed by atoms with van der Waals surface area (Å²) in [5, 5.41) is 2.12. The second-order valence-corrected chi connectivity index (χ2v) is 10.1. The number of benzene rings is 2. The number of carbonyl (C=O) groups is 1. The lowest BCUT2D eigenvalue weighted by Gasteiger charge is -2.26. The van der Waals surface area contributed by atoms with E-state index in [4.69, 9.17) is 4.43 Å². The van der Waals surface area contributed by atoms with E-state index >= 15 is 0 Å². The van der Waals surface area contributed by atoms with Crippen molar-refractivity contribution in [1.82, 2.24) is 0 Å². The molecule has 0 bridgehead atoms. The van der Waals surface area contributed by atoms with Crippen molar-refractivity contribution in [1.29, 1.82) is 0 Å². The molecule has 0 aromatic heterocycles. The molecule has 2 aromatic rings. The fourth-order valence-corrected chi connectivity index (χ4v) is 4.31. The number of hydrogen-bond acceptors (Lipinski definition) is 2. The predicted octanol–water partition coefficient (Wildman–Crippen LogP) is 4.78. The van der Waals surface area contributed by atoms with Gasteiger partial charge in [0.25, 0.3) is 0 Å². The maximum absolute atomic E-state index is 12.7. The van der Waals surface area contributed by atoms with Crippen LogP contribution in [0.4, 0.5) is 0 Å². The van der Waals surface area contributed by atoms with Crippen molar-refractivity contribution in [3.63, 3.8) is 0 Å². The summed E-state index contributed by atoms with van der Waals surface area (Å²) in [6.45, 7) is 7.98. The third-order valence-electron chi connectivity index (χ3n) is 3.71. The Labute approximate surface area is 125 Å². The van der Waals surface area contributed by atoms with Gasteiger partial charge in [-0.3, -0.25) is 4.79 Å². The monoisotopic (exact) mass is 294 g/mol. The molecule has 3 heteroatoms. The first kappa shape index (κ1) is 13.8. The minimum absolute atomic E-state index is 0.0102. The van der Waals surface area contributed by atoms with Gasteiger partial charge < -0.3 is 4.43 Å². The van der Waals surface area contributed by atoms with Crippen LogP contribution in [0.2, 0.25) is 19.1 Å². The predicted molar refractivity (Wildman–Crippen MR) is 89.8 cm³/mol. The standard InChI is InChI=1S/C18H18O2Si/c1-4-11-21(2,3)20-16-12-14-9-5-7-13-8-6-10-15(17(13)14)18(16)19/h4-10,12H,1,11H2,2-3H3. The molecular weight excluding hydrogens is 276 g/mol. The summed E-state index contributed by atoms with van der Waals surface area (Å²) in [6, 6.07) is 12.7. The van der Waals surface area contributed by atoms with Gasteiger partial charge in [-0.1, -0.05) is 42.5 Å². The maximum atomic E-state index is 12.7. The first-order chi connectivity index (χ1) is 10.0. The minimum atomic E-state index is -1.94. The van der Waals surface area contributed by atoms with Crippen molar-refractivity contribution in [3.05, 3.63) is 65.9 Å². The van der Waals surface area contributed by atoms with Crippen LogP contribution in [0.3, 0.4) is 0 Å². The van der Waals surface area contributed by atoms with Gasteiger partial charge in [0.1, 0.15) is 0 Å². The number of carbonyl (C=O) groups excluding carboxylic acids is 1. The molecule has 0 spiro atoms. The molecule has 3 rings (SSSR count). The third kappa shape index (κ3) is 2.45. The van der Waals surface area contributed by atoms with Gasteiger partial charge in [0.05, 0.1) is 0 Å². The van der Waals surface area contributed by atoms with Gasteiger partial charge >= 0.3 is 0 Å². The van der Waals surface area contributed by atoms with Crippen molar-refractivity contribution in [2.45, 2.75) is 19.1 Å². The molecule has 2 aromatic carbocycles. The van der Waals surface area contributed by atoms with Gasteiger partial charge in [-0.05, 0) is 36.2 Å². The smallest absolute Gasteiger partial charge is 0.249 e. The molecule has 1 aliphatic rings. The second kappa shape index (κ2) is 5.01. The van der Waals surface area contributed by atoms with Crippen LogP contribution in [0.15, 0.2) is 54.8 Å². The summed E-state index contributed by atoms with van der Waals surface area (Å²) in [6.07, 6.45) is 3.75. The van der Waals surface area contributed by atoms with E-state index in [0.717, 1.165) is 27.9 Å². The van der Waals surface area contributed by atoms with Crippen LogP contribution < -0.4 is 0 Å². The first-order valence-electron chi connectivity index (χ1n) is 7.10. The molecule has 0 N–H and O–H groups in total. The van der Waals surface area contributed by atoms with Crippen molar-refractivity contribution in [3.8, 4) is 0 Å². The Kier molecular flexibility index (Phi) is 3.30. The zero-order chi connectivity index (χ0) is 15.0. The number of hydrogen-bond donors (Lipinski definition) is 0. The van der Waals surface area contributed by atoms with Crippen molar-refractivity contribution >= 4 is 30.9 Å². The summed E-state index contributed by atoms with van der Waals surface area (Å²) < 4.78 is 6.10. The maximum Gasteiger partial charge on any atom is 0.249 e. The van der Waals surface area contributed by atoms with E-state index in [9.17, 15) is 4.79 Å². The summed E-state index contributed by atoms with van der Waals surface area (Å²) in [5.41, 5.74) is 1.80. The molecule has 2 nitrogen and oxygen atoms in total. The van der Waals surface area contributed by atoms with E-state index in [1.807, 2.05) is 48.6 Å². The van der Waals surface area contributed by atoms with E-state index in [1.54, 1.807) is 0 Å². The second-order valence-electron chi connectivity index (χ2n) is 5.94. The quantitative estimate of drug-likeness (QED) is 0.599. The highest BCUT2D eigenvalue weighted by atomic mass is 28.4. The zero-order valence-electron chi connectivity index (χ0n) is 12.3. The molecule has 0 fully saturated rings. The molecule has 0 amide bonds. The largest absolute Gasteiger partial charge is 0.541 e. The van der Waals surface area contributed by atoms with E-state index in [0.29, 0.717) is 5.76 Å². The normalized spacial score (nSPS) is 14.0. The van der Waals surface area contributed by atoms with Crippen LogP contribution in [-0.4, -0.2) is 14.1 Å². The summed E-state index contributed by atoms with van der Waals surface area (Å²) >= 11 is 0. The molecule has 1 aliphatic carbocycles. The highest BCUT2D eigenvalue weighted by Gasteiger charge is 2.29. The van der Waals surface area contributed by atoms with E-state index in [-0.39, 0.29) is 5.78 Å². The molecule has 0 heterocycles. The Hall–Kier alpha value is -2.13. The van der Waals surface area contributed by atoms with Gasteiger partial charge in [0, 0.05) is 10.9 Å². The van der Waals surface area contributed by atoms with Crippen LogP contribution >= 0.6 is 0 Å². The van der Waals surface area contributed by atoms with Crippen LogP contribution in [0.1, 0.15) is 15.9 Å². The Morgan fingerprint density at radius 2 is 1.90 bits per heavy atom. The molecule has 0 aliphatic heterocycles. The first-order valence-corrected chi connectivity index (χ1v) is 10.2. The molecule has 106 valence electrons. The van der Waals surface area contributed by atoms with Crippen LogP contribution in [0.5, 0.6) is 0 Å². The van der Waals surface area contributed by atoms with Crippen LogP contribution in [0.25, 0.3) is 16.8 Å².